The van der Waals surface area contributed by atoms with Crippen LogP contribution in [0.3, 0.4) is 0 Å². The highest BCUT2D eigenvalue weighted by Crippen LogP contribution is 2.10. The summed E-state index contributed by atoms with van der Waals surface area (Å²) in [5, 5.41) is 0. The van der Waals surface area contributed by atoms with Crippen molar-refractivity contribution < 1.29 is 69.1 Å². The van der Waals surface area contributed by atoms with Crippen LogP contribution in [0.4, 0.5) is 0 Å². The fourth-order valence-electron chi connectivity index (χ4n) is 3.57. The van der Waals surface area contributed by atoms with Crippen LogP contribution in [0, 0.1) is 0 Å². The molecule has 294 valence electrons. The molecule has 0 bridgehead atoms. The molecular formula is C33H62O15SSi. The standard InChI is InChI=1S/C33H62O15SSi/c1-50(2,3)48-32-30-46-28-26-44-24-22-42-20-18-40-16-14-38-12-10-36-9-11-37-13-15-39-17-19-41-21-23-43-25-27-45-29-31-47-49(34,35)33-7-5-4-6-8-33/h4-8H,9-32H2,1-3H3. The molecule has 0 atom stereocenters. The van der Waals surface area contributed by atoms with E-state index in [1.54, 1.807) is 18.2 Å². The van der Waals surface area contributed by atoms with Crippen LogP contribution in [0.25, 0.3) is 0 Å². The Balaban J connectivity index is 1.65. The van der Waals surface area contributed by atoms with E-state index in [9.17, 15) is 8.42 Å². The maximum absolute atomic E-state index is 12.0. The number of hydrogen-bond acceptors (Lipinski definition) is 15. The molecule has 0 aromatic heterocycles. The minimum atomic E-state index is -3.76. The van der Waals surface area contributed by atoms with Gasteiger partial charge in [-0.2, -0.15) is 8.42 Å². The maximum atomic E-state index is 12.0. The van der Waals surface area contributed by atoms with Crippen molar-refractivity contribution in [1.82, 2.24) is 0 Å². The van der Waals surface area contributed by atoms with Crippen molar-refractivity contribution in [2.45, 2.75) is 24.5 Å². The van der Waals surface area contributed by atoms with Crippen molar-refractivity contribution in [3.8, 4) is 0 Å². The van der Waals surface area contributed by atoms with Crippen LogP contribution in [0.2, 0.25) is 19.6 Å². The number of rotatable bonds is 39. The van der Waals surface area contributed by atoms with Gasteiger partial charge in [0.05, 0.1) is 163 Å². The highest BCUT2D eigenvalue weighted by molar-refractivity contribution is 7.86. The van der Waals surface area contributed by atoms with Crippen LogP contribution in [-0.2, 0) is 70.8 Å². The smallest absolute Gasteiger partial charge is 0.297 e. The van der Waals surface area contributed by atoms with Crippen molar-refractivity contribution >= 4 is 18.4 Å². The summed E-state index contributed by atoms with van der Waals surface area (Å²) in [5.41, 5.74) is 0. The minimum absolute atomic E-state index is 0.0593. The van der Waals surface area contributed by atoms with E-state index in [1.807, 2.05) is 0 Å². The summed E-state index contributed by atoms with van der Waals surface area (Å²) in [6, 6.07) is 7.98. The van der Waals surface area contributed by atoms with E-state index in [0.29, 0.717) is 145 Å². The summed E-state index contributed by atoms with van der Waals surface area (Å²) in [6.07, 6.45) is 0. The molecule has 0 saturated heterocycles. The maximum Gasteiger partial charge on any atom is 0.297 e. The first-order chi connectivity index (χ1) is 24.3. The van der Waals surface area contributed by atoms with Crippen LogP contribution < -0.4 is 0 Å². The van der Waals surface area contributed by atoms with E-state index < -0.39 is 18.4 Å². The van der Waals surface area contributed by atoms with E-state index >= 15 is 0 Å². The molecule has 50 heavy (non-hydrogen) atoms. The topological polar surface area (TPSA) is 154 Å². The highest BCUT2D eigenvalue weighted by atomic mass is 32.2. The second-order valence-corrected chi connectivity index (χ2v) is 17.4. The molecule has 0 N–H and O–H groups in total. The lowest BCUT2D eigenvalue weighted by Gasteiger charge is -2.16. The van der Waals surface area contributed by atoms with Crippen LogP contribution in [0.5, 0.6) is 0 Å². The van der Waals surface area contributed by atoms with Gasteiger partial charge in [0.15, 0.2) is 8.32 Å². The zero-order valence-corrected chi connectivity index (χ0v) is 32.2. The Morgan fingerprint density at radius 2 is 0.620 bits per heavy atom. The predicted molar refractivity (Wildman–Crippen MR) is 188 cm³/mol. The van der Waals surface area contributed by atoms with Gasteiger partial charge in [-0.15, -0.1) is 0 Å². The zero-order chi connectivity index (χ0) is 36.3. The van der Waals surface area contributed by atoms with E-state index in [1.165, 1.54) is 12.1 Å². The summed E-state index contributed by atoms with van der Waals surface area (Å²) in [4.78, 5) is 0.120. The van der Waals surface area contributed by atoms with E-state index in [2.05, 4.69) is 19.6 Å². The quantitative estimate of drug-likeness (QED) is 0.0548. The van der Waals surface area contributed by atoms with E-state index in [-0.39, 0.29) is 18.1 Å². The molecular weight excluding hydrogens is 697 g/mol. The first kappa shape index (κ1) is 46.9. The van der Waals surface area contributed by atoms with Crippen molar-refractivity contribution in [2.24, 2.45) is 0 Å². The Bertz CT molecular complexity index is 954. The van der Waals surface area contributed by atoms with Gasteiger partial charge in [-0.25, -0.2) is 0 Å². The van der Waals surface area contributed by atoms with Crippen molar-refractivity contribution in [2.75, 3.05) is 159 Å². The monoisotopic (exact) mass is 758 g/mol. The van der Waals surface area contributed by atoms with Crippen LogP contribution in [0.15, 0.2) is 35.2 Å². The third-order valence-electron chi connectivity index (χ3n) is 5.98. The third-order valence-corrected chi connectivity index (χ3v) is 8.38. The van der Waals surface area contributed by atoms with Gasteiger partial charge >= 0.3 is 0 Å². The molecule has 0 unspecified atom stereocenters. The Kier molecular flexibility index (Phi) is 31.6. The van der Waals surface area contributed by atoms with Crippen LogP contribution in [0.1, 0.15) is 0 Å². The van der Waals surface area contributed by atoms with Gasteiger partial charge in [0.25, 0.3) is 10.1 Å². The molecule has 0 aliphatic rings. The normalized spacial score (nSPS) is 12.2. The van der Waals surface area contributed by atoms with Gasteiger partial charge < -0.3 is 56.5 Å². The Hall–Kier alpha value is -1.13. The summed E-state index contributed by atoms with van der Waals surface area (Å²) >= 11 is 0. The van der Waals surface area contributed by atoms with Gasteiger partial charge in [-0.05, 0) is 31.8 Å². The SMILES string of the molecule is C[Si](C)(C)OCCOCCOCCOCCOCCOCCOCCOCCOCCOCCOCCOCCOS(=O)(=O)c1ccccc1. The second kappa shape index (κ2) is 33.7. The molecule has 0 radical (unpaired) electrons. The lowest BCUT2D eigenvalue weighted by molar-refractivity contribution is -0.0279. The average Bonchev–Trinajstić information content (AvgIpc) is 3.09. The molecule has 0 heterocycles. The van der Waals surface area contributed by atoms with Gasteiger partial charge in [-0.1, -0.05) is 18.2 Å². The number of benzene rings is 1. The molecule has 17 heteroatoms. The molecule has 0 saturated carbocycles. The van der Waals surface area contributed by atoms with Gasteiger partial charge in [0.2, 0.25) is 0 Å². The first-order valence-corrected chi connectivity index (χ1v) is 22.1. The molecule has 1 rings (SSSR count). The predicted octanol–water partition coefficient (Wildman–Crippen LogP) is 2.43. The summed E-state index contributed by atoms with van der Waals surface area (Å²) < 4.78 is 94.6. The molecule has 0 spiro atoms. The highest BCUT2D eigenvalue weighted by Gasteiger charge is 2.14. The fourth-order valence-corrected chi connectivity index (χ4v) is 5.18. The molecule has 0 amide bonds. The van der Waals surface area contributed by atoms with Crippen molar-refractivity contribution in [3.63, 3.8) is 0 Å². The molecule has 0 fully saturated rings. The summed E-state index contributed by atoms with van der Waals surface area (Å²) in [6.45, 7) is 17.3. The zero-order valence-electron chi connectivity index (χ0n) is 30.4. The van der Waals surface area contributed by atoms with Gasteiger partial charge in [0, 0.05) is 0 Å². The lowest BCUT2D eigenvalue weighted by atomic mass is 10.4. The fraction of sp³-hybridized carbons (Fsp3) is 0.818. The molecule has 0 aliphatic carbocycles. The van der Waals surface area contributed by atoms with Crippen LogP contribution in [-0.4, -0.2) is 175 Å². The van der Waals surface area contributed by atoms with Crippen molar-refractivity contribution in [1.29, 1.82) is 0 Å². The lowest BCUT2D eigenvalue weighted by Crippen LogP contribution is -2.27. The second-order valence-electron chi connectivity index (χ2n) is 11.3. The molecule has 15 nitrogen and oxygen atoms in total. The van der Waals surface area contributed by atoms with Crippen LogP contribution >= 0.6 is 0 Å². The van der Waals surface area contributed by atoms with E-state index in [0.717, 1.165) is 0 Å². The van der Waals surface area contributed by atoms with Gasteiger partial charge in [0.1, 0.15) is 0 Å². The largest absolute Gasteiger partial charge is 0.415 e. The van der Waals surface area contributed by atoms with Crippen molar-refractivity contribution in [3.05, 3.63) is 30.3 Å². The Morgan fingerprint density at radius 1 is 0.380 bits per heavy atom. The van der Waals surface area contributed by atoms with E-state index in [4.69, 9.17) is 60.7 Å². The Morgan fingerprint density at radius 3 is 0.880 bits per heavy atom. The van der Waals surface area contributed by atoms with Gasteiger partial charge in [-0.3, -0.25) is 4.18 Å². The first-order valence-electron chi connectivity index (χ1n) is 17.2. The number of ether oxygens (including phenoxy) is 11. The third kappa shape index (κ3) is 32.8. The summed E-state index contributed by atoms with van der Waals surface area (Å²) in [7, 11) is -5.22. The average molecular weight is 759 g/mol. The molecule has 0 aliphatic heterocycles. The molecule has 1 aromatic rings. The number of hydrogen-bond donors (Lipinski definition) is 0. The Labute approximate surface area is 300 Å². The summed E-state index contributed by atoms with van der Waals surface area (Å²) in [5.74, 6) is 0. The minimum Gasteiger partial charge on any atom is -0.415 e. The molecule has 1 aromatic carbocycles.